The Hall–Kier alpha value is -1.75. The molecule has 0 aliphatic carbocycles. The number of rotatable bonds is 5. The Morgan fingerprint density at radius 3 is 2.89 bits per heavy atom. The Bertz CT molecular complexity index is 512. The van der Waals surface area contributed by atoms with E-state index in [2.05, 4.69) is 17.1 Å². The maximum absolute atomic E-state index is 13.5. The molecule has 0 amide bonds. The van der Waals surface area contributed by atoms with Crippen molar-refractivity contribution in [2.75, 3.05) is 0 Å². The third-order valence-electron chi connectivity index (χ3n) is 2.68. The number of hydrogen-bond acceptors (Lipinski definition) is 4. The molecule has 0 aliphatic rings. The summed E-state index contributed by atoms with van der Waals surface area (Å²) in [5.74, 6) is 0.365. The van der Waals surface area contributed by atoms with Crippen molar-refractivity contribution >= 4 is 0 Å². The van der Waals surface area contributed by atoms with Crippen LogP contribution in [0.5, 0.6) is 0 Å². The van der Waals surface area contributed by atoms with Gasteiger partial charge < -0.3 is 10.3 Å². The normalized spacial score (nSPS) is 12.6. The lowest BCUT2D eigenvalue weighted by molar-refractivity contribution is 0.366. The maximum Gasteiger partial charge on any atom is 0.228 e. The fourth-order valence-corrected chi connectivity index (χ4v) is 1.79. The summed E-state index contributed by atoms with van der Waals surface area (Å²) in [6.45, 7) is 2.07. The van der Waals surface area contributed by atoms with Crippen molar-refractivity contribution in [2.24, 2.45) is 5.73 Å². The number of halogens is 1. The van der Waals surface area contributed by atoms with Crippen LogP contribution in [0.15, 0.2) is 28.8 Å². The molecular formula is C13H16FN3O. The Morgan fingerprint density at radius 1 is 1.39 bits per heavy atom. The minimum absolute atomic E-state index is 0.00363. The molecule has 18 heavy (non-hydrogen) atoms. The Balaban J connectivity index is 2.13. The molecule has 0 fully saturated rings. The first-order chi connectivity index (χ1) is 8.70. The number of benzene rings is 1. The highest BCUT2D eigenvalue weighted by molar-refractivity contribution is 5.54. The molecule has 0 spiro atoms. The predicted octanol–water partition coefficient (Wildman–Crippen LogP) is 2.55. The van der Waals surface area contributed by atoms with E-state index in [1.165, 1.54) is 6.07 Å². The predicted molar refractivity (Wildman–Crippen MR) is 66.3 cm³/mol. The SMILES string of the molecule is CCCC(N)Cc1nc(-c2ccccc2F)no1. The average Bonchev–Trinajstić information content (AvgIpc) is 2.78. The van der Waals surface area contributed by atoms with Crippen molar-refractivity contribution in [1.29, 1.82) is 0 Å². The highest BCUT2D eigenvalue weighted by atomic mass is 19.1. The van der Waals surface area contributed by atoms with Crippen LogP contribution in [0, 0.1) is 5.82 Å². The highest BCUT2D eigenvalue weighted by Crippen LogP contribution is 2.19. The summed E-state index contributed by atoms with van der Waals surface area (Å²) in [5.41, 5.74) is 6.24. The average molecular weight is 249 g/mol. The van der Waals surface area contributed by atoms with E-state index in [0.717, 1.165) is 12.8 Å². The highest BCUT2D eigenvalue weighted by Gasteiger charge is 2.14. The minimum atomic E-state index is -0.359. The first-order valence-corrected chi connectivity index (χ1v) is 6.03. The molecule has 0 saturated carbocycles. The van der Waals surface area contributed by atoms with Gasteiger partial charge in [0.1, 0.15) is 5.82 Å². The van der Waals surface area contributed by atoms with Gasteiger partial charge in [-0.1, -0.05) is 30.6 Å². The molecule has 1 heterocycles. The van der Waals surface area contributed by atoms with Gasteiger partial charge in [-0.2, -0.15) is 4.98 Å². The fourth-order valence-electron chi connectivity index (χ4n) is 1.79. The molecule has 1 atom stereocenters. The molecule has 0 radical (unpaired) electrons. The van der Waals surface area contributed by atoms with Crippen molar-refractivity contribution in [3.05, 3.63) is 36.0 Å². The summed E-state index contributed by atoms with van der Waals surface area (Å²) in [6, 6.07) is 6.35. The van der Waals surface area contributed by atoms with Crippen molar-refractivity contribution < 1.29 is 8.91 Å². The molecule has 5 heteroatoms. The van der Waals surface area contributed by atoms with Crippen LogP contribution in [0.4, 0.5) is 4.39 Å². The van der Waals surface area contributed by atoms with E-state index in [4.69, 9.17) is 10.3 Å². The third-order valence-corrected chi connectivity index (χ3v) is 2.68. The molecule has 1 aromatic heterocycles. The van der Waals surface area contributed by atoms with E-state index in [1.807, 2.05) is 0 Å². The zero-order valence-electron chi connectivity index (χ0n) is 10.3. The number of nitrogens with zero attached hydrogens (tertiary/aromatic N) is 2. The van der Waals surface area contributed by atoms with Crippen LogP contribution in [0.3, 0.4) is 0 Å². The molecule has 0 bridgehead atoms. The van der Waals surface area contributed by atoms with Gasteiger partial charge in [-0.05, 0) is 18.6 Å². The van der Waals surface area contributed by atoms with E-state index < -0.39 is 0 Å². The van der Waals surface area contributed by atoms with Gasteiger partial charge in [-0.25, -0.2) is 4.39 Å². The van der Waals surface area contributed by atoms with Gasteiger partial charge in [0.25, 0.3) is 0 Å². The van der Waals surface area contributed by atoms with Crippen molar-refractivity contribution in [3.63, 3.8) is 0 Å². The zero-order chi connectivity index (χ0) is 13.0. The van der Waals surface area contributed by atoms with Crippen molar-refractivity contribution in [1.82, 2.24) is 10.1 Å². The maximum atomic E-state index is 13.5. The molecule has 4 nitrogen and oxygen atoms in total. The number of nitrogens with two attached hydrogens (primary N) is 1. The fraction of sp³-hybridized carbons (Fsp3) is 0.385. The molecule has 2 N–H and O–H groups in total. The lowest BCUT2D eigenvalue weighted by Crippen LogP contribution is -2.22. The van der Waals surface area contributed by atoms with E-state index >= 15 is 0 Å². The summed E-state index contributed by atoms with van der Waals surface area (Å²) < 4.78 is 18.6. The van der Waals surface area contributed by atoms with Crippen LogP contribution in [-0.4, -0.2) is 16.2 Å². The zero-order valence-corrected chi connectivity index (χ0v) is 10.3. The second-order valence-corrected chi connectivity index (χ2v) is 4.24. The van der Waals surface area contributed by atoms with Crippen LogP contribution in [0.25, 0.3) is 11.4 Å². The summed E-state index contributed by atoms with van der Waals surface area (Å²) in [6.07, 6.45) is 2.43. The largest absolute Gasteiger partial charge is 0.339 e. The van der Waals surface area contributed by atoms with E-state index in [1.54, 1.807) is 18.2 Å². The summed E-state index contributed by atoms with van der Waals surface area (Å²) in [4.78, 5) is 4.17. The van der Waals surface area contributed by atoms with Crippen molar-refractivity contribution in [3.8, 4) is 11.4 Å². The van der Waals surface area contributed by atoms with E-state index in [0.29, 0.717) is 17.9 Å². The van der Waals surface area contributed by atoms with Crippen LogP contribution >= 0.6 is 0 Å². The Labute approximate surface area is 105 Å². The first kappa shape index (κ1) is 12.7. The molecular weight excluding hydrogens is 233 g/mol. The van der Waals surface area contributed by atoms with Crippen molar-refractivity contribution in [2.45, 2.75) is 32.2 Å². The summed E-state index contributed by atoms with van der Waals surface area (Å²) in [7, 11) is 0. The lowest BCUT2D eigenvalue weighted by atomic mass is 10.1. The second kappa shape index (κ2) is 5.73. The number of hydrogen-bond donors (Lipinski definition) is 1. The molecule has 0 aliphatic heterocycles. The van der Waals surface area contributed by atoms with Crippen LogP contribution in [0.2, 0.25) is 0 Å². The van der Waals surface area contributed by atoms with E-state index in [-0.39, 0.29) is 17.7 Å². The van der Waals surface area contributed by atoms with Gasteiger partial charge in [0.05, 0.1) is 5.56 Å². The lowest BCUT2D eigenvalue weighted by Gasteiger charge is -2.05. The third kappa shape index (κ3) is 2.92. The van der Waals surface area contributed by atoms with Gasteiger partial charge in [-0.15, -0.1) is 0 Å². The Morgan fingerprint density at radius 2 is 2.17 bits per heavy atom. The smallest absolute Gasteiger partial charge is 0.228 e. The minimum Gasteiger partial charge on any atom is -0.339 e. The summed E-state index contributed by atoms with van der Waals surface area (Å²) in [5, 5.41) is 3.78. The Kier molecular flexibility index (Phi) is 4.04. The summed E-state index contributed by atoms with van der Waals surface area (Å²) >= 11 is 0. The second-order valence-electron chi connectivity index (χ2n) is 4.24. The van der Waals surface area contributed by atoms with Crippen LogP contribution < -0.4 is 5.73 Å². The molecule has 2 aromatic rings. The monoisotopic (exact) mass is 249 g/mol. The molecule has 2 rings (SSSR count). The van der Waals surface area contributed by atoms with Gasteiger partial charge in [0, 0.05) is 12.5 Å². The first-order valence-electron chi connectivity index (χ1n) is 6.03. The topological polar surface area (TPSA) is 64.9 Å². The van der Waals surface area contributed by atoms with Gasteiger partial charge in [0.15, 0.2) is 0 Å². The molecule has 1 aromatic carbocycles. The quantitative estimate of drug-likeness (QED) is 0.884. The number of aromatic nitrogens is 2. The molecule has 96 valence electrons. The molecule has 0 saturated heterocycles. The van der Waals surface area contributed by atoms with Gasteiger partial charge in [0.2, 0.25) is 11.7 Å². The van der Waals surface area contributed by atoms with E-state index in [9.17, 15) is 4.39 Å². The standard InChI is InChI=1S/C13H16FN3O/c1-2-5-9(15)8-12-16-13(17-18-12)10-6-3-4-7-11(10)14/h3-4,6-7,9H,2,5,8,15H2,1H3. The molecule has 1 unspecified atom stereocenters. The van der Waals surface area contributed by atoms with Crippen LogP contribution in [0.1, 0.15) is 25.7 Å². The van der Waals surface area contributed by atoms with Crippen LogP contribution in [-0.2, 0) is 6.42 Å². The van der Waals surface area contributed by atoms with Gasteiger partial charge in [-0.3, -0.25) is 0 Å². The van der Waals surface area contributed by atoms with Gasteiger partial charge >= 0.3 is 0 Å².